The van der Waals surface area contributed by atoms with Crippen LogP contribution in [0.4, 0.5) is 0 Å². The molecule has 10 heteroatoms. The average molecular weight is 439 g/mol. The highest BCUT2D eigenvalue weighted by Crippen LogP contribution is 2.22. The predicted molar refractivity (Wildman–Crippen MR) is 115 cm³/mol. The van der Waals surface area contributed by atoms with E-state index >= 15 is 0 Å². The van der Waals surface area contributed by atoms with Crippen molar-refractivity contribution >= 4 is 17.4 Å². The van der Waals surface area contributed by atoms with Gasteiger partial charge in [0.2, 0.25) is 5.91 Å². The Morgan fingerprint density at radius 1 is 1.22 bits per heavy atom. The minimum Gasteiger partial charge on any atom is -0.497 e. The number of hydrogen-bond donors (Lipinski definition) is 0. The zero-order chi connectivity index (χ0) is 22.7. The molecule has 4 rings (SSSR count). The Balaban J connectivity index is 1.52. The molecule has 1 atom stereocenters. The van der Waals surface area contributed by atoms with E-state index in [1.165, 1.54) is 10.8 Å². The highest BCUT2D eigenvalue weighted by atomic mass is 16.5. The van der Waals surface area contributed by atoms with E-state index in [0.29, 0.717) is 43.7 Å². The molecule has 1 aromatic carbocycles. The molecule has 0 aliphatic carbocycles. The third kappa shape index (κ3) is 4.34. The van der Waals surface area contributed by atoms with Crippen molar-refractivity contribution in [1.82, 2.24) is 24.3 Å². The second-order valence-electron chi connectivity index (χ2n) is 7.61. The molecule has 1 aliphatic rings. The zero-order valence-corrected chi connectivity index (χ0v) is 18.1. The number of methoxy groups -OCH3 is 1. The van der Waals surface area contributed by atoms with Crippen molar-refractivity contribution in [2.24, 2.45) is 5.92 Å². The second-order valence-corrected chi connectivity index (χ2v) is 7.61. The summed E-state index contributed by atoms with van der Waals surface area (Å²) in [6.45, 7) is 2.71. The van der Waals surface area contributed by atoms with Crippen LogP contribution in [-0.4, -0.2) is 63.0 Å². The van der Waals surface area contributed by atoms with Crippen LogP contribution >= 0.6 is 0 Å². The van der Waals surface area contributed by atoms with Gasteiger partial charge in [-0.05, 0) is 50.1 Å². The largest absolute Gasteiger partial charge is 0.497 e. The molecule has 0 bridgehead atoms. The summed E-state index contributed by atoms with van der Waals surface area (Å²) in [6.07, 6.45) is 2.82. The van der Waals surface area contributed by atoms with Crippen molar-refractivity contribution in [2.75, 3.05) is 26.8 Å². The van der Waals surface area contributed by atoms with Crippen LogP contribution in [0.15, 0.2) is 41.5 Å². The van der Waals surface area contributed by atoms with Crippen LogP contribution in [0.25, 0.3) is 16.8 Å². The van der Waals surface area contributed by atoms with E-state index in [4.69, 9.17) is 9.47 Å². The SMILES string of the molecule is CCOC(=O)[C@@H]1CCCN(C(=O)Cn2ncn3nc(-c4ccc(OC)cc4)cc3c2=O)C1. The summed E-state index contributed by atoms with van der Waals surface area (Å²) in [7, 11) is 1.59. The van der Waals surface area contributed by atoms with Crippen molar-refractivity contribution in [1.29, 1.82) is 0 Å². The highest BCUT2D eigenvalue weighted by Gasteiger charge is 2.29. The van der Waals surface area contributed by atoms with Gasteiger partial charge < -0.3 is 14.4 Å². The molecule has 1 aliphatic heterocycles. The quantitative estimate of drug-likeness (QED) is 0.534. The van der Waals surface area contributed by atoms with Crippen LogP contribution in [0.2, 0.25) is 0 Å². The standard InChI is InChI=1S/C22H25N5O5/c1-3-32-22(30)16-5-4-10-25(12-16)20(28)13-26-21(29)19-11-18(24-27(19)14-23-26)15-6-8-17(31-2)9-7-15/h6-9,11,14,16H,3-5,10,12-13H2,1-2H3/t16-/m1/s1. The molecule has 0 radical (unpaired) electrons. The Hall–Kier alpha value is -3.69. The lowest BCUT2D eigenvalue weighted by molar-refractivity contribution is -0.151. The van der Waals surface area contributed by atoms with E-state index in [2.05, 4.69) is 10.2 Å². The van der Waals surface area contributed by atoms with E-state index < -0.39 is 5.56 Å². The first-order chi connectivity index (χ1) is 15.5. The summed E-state index contributed by atoms with van der Waals surface area (Å²) in [4.78, 5) is 39.4. The maximum atomic E-state index is 12.9. The maximum absolute atomic E-state index is 12.9. The molecule has 32 heavy (non-hydrogen) atoms. The highest BCUT2D eigenvalue weighted by molar-refractivity contribution is 5.78. The first kappa shape index (κ1) is 21.5. The summed E-state index contributed by atoms with van der Waals surface area (Å²) in [6, 6.07) is 9.01. The number of piperidine rings is 1. The molecule has 0 spiro atoms. The van der Waals surface area contributed by atoms with E-state index in [9.17, 15) is 14.4 Å². The summed E-state index contributed by atoms with van der Waals surface area (Å²) in [5.41, 5.74) is 1.35. The normalized spacial score (nSPS) is 16.2. The first-order valence-electron chi connectivity index (χ1n) is 10.5. The van der Waals surface area contributed by atoms with Gasteiger partial charge in [0.05, 0.1) is 25.3 Å². The Bertz CT molecular complexity index is 1180. The molecule has 0 saturated carbocycles. The number of aromatic nitrogens is 4. The fourth-order valence-corrected chi connectivity index (χ4v) is 3.84. The Morgan fingerprint density at radius 3 is 2.72 bits per heavy atom. The lowest BCUT2D eigenvalue weighted by Crippen LogP contribution is -2.45. The van der Waals surface area contributed by atoms with Gasteiger partial charge in [-0.3, -0.25) is 14.4 Å². The first-order valence-corrected chi connectivity index (χ1v) is 10.5. The third-order valence-corrected chi connectivity index (χ3v) is 5.55. The van der Waals surface area contributed by atoms with Crippen molar-refractivity contribution in [3.8, 4) is 17.0 Å². The molecule has 168 valence electrons. The van der Waals surface area contributed by atoms with Gasteiger partial charge in [0.25, 0.3) is 5.56 Å². The van der Waals surface area contributed by atoms with Crippen LogP contribution in [0, 0.1) is 5.92 Å². The number of hydrogen-bond acceptors (Lipinski definition) is 7. The fourth-order valence-electron chi connectivity index (χ4n) is 3.84. The van der Waals surface area contributed by atoms with E-state index in [-0.39, 0.29) is 24.3 Å². The van der Waals surface area contributed by atoms with Crippen molar-refractivity contribution in [2.45, 2.75) is 26.3 Å². The number of nitrogens with zero attached hydrogens (tertiary/aromatic N) is 5. The molecule has 1 amide bonds. The molecule has 2 aromatic heterocycles. The molecular weight excluding hydrogens is 414 g/mol. The summed E-state index contributed by atoms with van der Waals surface area (Å²) >= 11 is 0. The van der Waals surface area contributed by atoms with Crippen LogP contribution in [0.5, 0.6) is 5.75 Å². The van der Waals surface area contributed by atoms with E-state index in [1.54, 1.807) is 25.0 Å². The Kier molecular flexibility index (Phi) is 6.20. The third-order valence-electron chi connectivity index (χ3n) is 5.55. The van der Waals surface area contributed by atoms with Gasteiger partial charge >= 0.3 is 5.97 Å². The van der Waals surface area contributed by atoms with Gasteiger partial charge in [-0.15, -0.1) is 0 Å². The number of carbonyl (C=O) groups excluding carboxylic acids is 2. The molecule has 3 aromatic rings. The van der Waals surface area contributed by atoms with E-state index in [1.807, 2.05) is 24.3 Å². The fraction of sp³-hybridized carbons (Fsp3) is 0.409. The lowest BCUT2D eigenvalue weighted by Gasteiger charge is -2.31. The molecule has 0 unspecified atom stereocenters. The van der Waals surface area contributed by atoms with Crippen molar-refractivity contribution in [3.63, 3.8) is 0 Å². The van der Waals surface area contributed by atoms with Crippen LogP contribution in [0.3, 0.4) is 0 Å². The minimum absolute atomic E-state index is 0.200. The van der Waals surface area contributed by atoms with Gasteiger partial charge in [-0.2, -0.15) is 10.2 Å². The molecule has 3 heterocycles. The molecule has 1 saturated heterocycles. The van der Waals surface area contributed by atoms with Gasteiger partial charge in [0, 0.05) is 18.7 Å². The summed E-state index contributed by atoms with van der Waals surface area (Å²) in [5, 5.41) is 8.51. The Labute approximate surface area is 184 Å². The second kappa shape index (κ2) is 9.21. The number of likely N-dealkylation sites (tertiary alicyclic amines) is 1. The number of carbonyl (C=O) groups is 2. The maximum Gasteiger partial charge on any atom is 0.310 e. The summed E-state index contributed by atoms with van der Waals surface area (Å²) < 4.78 is 12.8. The molecule has 10 nitrogen and oxygen atoms in total. The summed E-state index contributed by atoms with van der Waals surface area (Å²) in [5.74, 6) is -0.149. The van der Waals surface area contributed by atoms with Crippen molar-refractivity contribution in [3.05, 3.63) is 47.0 Å². The lowest BCUT2D eigenvalue weighted by atomic mass is 9.98. The molecule has 1 fully saturated rings. The van der Waals surface area contributed by atoms with Gasteiger partial charge in [0.1, 0.15) is 24.1 Å². The number of ether oxygens (including phenoxy) is 2. The van der Waals surface area contributed by atoms with Crippen LogP contribution < -0.4 is 10.3 Å². The number of benzene rings is 1. The number of amides is 1. The van der Waals surface area contributed by atoms with Gasteiger partial charge in [-0.1, -0.05) is 0 Å². The number of fused-ring (bicyclic) bond motifs is 1. The predicted octanol–water partition coefficient (Wildman–Crippen LogP) is 1.37. The van der Waals surface area contributed by atoms with E-state index in [0.717, 1.165) is 16.0 Å². The monoisotopic (exact) mass is 439 g/mol. The number of rotatable bonds is 6. The van der Waals surface area contributed by atoms with Crippen molar-refractivity contribution < 1.29 is 19.1 Å². The topological polar surface area (TPSA) is 108 Å². The van der Waals surface area contributed by atoms with Crippen LogP contribution in [-0.2, 0) is 20.9 Å². The smallest absolute Gasteiger partial charge is 0.310 e. The minimum atomic E-state index is -0.410. The van der Waals surface area contributed by atoms with Crippen LogP contribution in [0.1, 0.15) is 19.8 Å². The average Bonchev–Trinajstić information content (AvgIpc) is 3.26. The molecule has 0 N–H and O–H groups in total. The van der Waals surface area contributed by atoms with Gasteiger partial charge in [0.15, 0.2) is 0 Å². The Morgan fingerprint density at radius 2 is 2.00 bits per heavy atom. The van der Waals surface area contributed by atoms with Gasteiger partial charge in [-0.25, -0.2) is 9.20 Å². The zero-order valence-electron chi connectivity index (χ0n) is 18.1. The molecular formula is C22H25N5O5. The number of esters is 1.